The number of aliphatic hydroxyl groups is 1. The maximum atomic E-state index is 13.0. The predicted molar refractivity (Wildman–Crippen MR) is 71.1 cm³/mol. The maximum absolute atomic E-state index is 13.0. The summed E-state index contributed by atoms with van der Waals surface area (Å²) in [7, 11) is 0. The van der Waals surface area contributed by atoms with Gasteiger partial charge in [0.2, 0.25) is 5.95 Å². The number of nitrogens with zero attached hydrogens (tertiary/aromatic N) is 4. The zero-order chi connectivity index (χ0) is 14.8. The highest BCUT2D eigenvalue weighted by Crippen LogP contribution is 2.11. The zero-order valence-corrected chi connectivity index (χ0v) is 10.7. The summed E-state index contributed by atoms with van der Waals surface area (Å²) in [6.07, 6.45) is 2.72. The summed E-state index contributed by atoms with van der Waals surface area (Å²) in [6, 6.07) is 5.73. The van der Waals surface area contributed by atoms with Gasteiger partial charge in [-0.2, -0.15) is 9.49 Å². The number of imidazole rings is 1. The maximum Gasteiger partial charge on any atom is 0.257 e. The van der Waals surface area contributed by atoms with Crippen LogP contribution in [-0.4, -0.2) is 30.6 Å². The molecule has 21 heavy (non-hydrogen) atoms. The number of aliphatic hydroxyl groups excluding tert-OH is 1. The first-order valence-electron chi connectivity index (χ1n) is 6.05. The molecule has 0 atom stereocenters. The van der Waals surface area contributed by atoms with E-state index in [0.29, 0.717) is 11.3 Å². The molecule has 0 unspecified atom stereocenters. The molecule has 0 spiro atoms. The average Bonchev–Trinajstić information content (AvgIpc) is 2.88. The van der Waals surface area contributed by atoms with Crippen LogP contribution in [0.1, 0.15) is 16.1 Å². The summed E-state index contributed by atoms with van der Waals surface area (Å²) >= 11 is 0. The minimum atomic E-state index is -0.730. The Balaban J connectivity index is 1.86. The molecule has 0 aromatic carbocycles. The van der Waals surface area contributed by atoms with Crippen LogP contribution in [-0.2, 0) is 6.61 Å². The van der Waals surface area contributed by atoms with E-state index >= 15 is 0 Å². The summed E-state index contributed by atoms with van der Waals surface area (Å²) in [5.74, 6) is -0.950. The monoisotopic (exact) mass is 287 g/mol. The normalized spacial score (nSPS) is 10.8. The van der Waals surface area contributed by atoms with Crippen molar-refractivity contribution in [3.8, 4) is 0 Å². The molecular formula is C13H10FN5O2. The van der Waals surface area contributed by atoms with Crippen molar-refractivity contribution in [1.29, 1.82) is 0 Å². The average molecular weight is 287 g/mol. The number of halogens is 1. The highest BCUT2D eigenvalue weighted by molar-refractivity contribution is 6.03. The molecule has 3 aromatic rings. The SMILES string of the molecule is O=C(Nc1cn2nc(CO)ccc2n1)c1ccnc(F)c1. The summed E-state index contributed by atoms with van der Waals surface area (Å²) in [5, 5.41) is 15.7. The molecule has 0 fully saturated rings. The number of amides is 1. The Bertz CT molecular complexity index is 817. The second-order valence-corrected chi connectivity index (χ2v) is 4.23. The Hall–Kier alpha value is -2.87. The molecule has 8 heteroatoms. The van der Waals surface area contributed by atoms with Crippen molar-refractivity contribution >= 4 is 17.4 Å². The summed E-state index contributed by atoms with van der Waals surface area (Å²) in [4.78, 5) is 19.5. The Morgan fingerprint density at radius 2 is 2.24 bits per heavy atom. The fourth-order valence-corrected chi connectivity index (χ4v) is 1.80. The molecule has 0 saturated heterocycles. The van der Waals surface area contributed by atoms with Gasteiger partial charge in [0.15, 0.2) is 11.5 Å². The second kappa shape index (κ2) is 5.25. The van der Waals surface area contributed by atoms with E-state index in [2.05, 4.69) is 20.4 Å². The van der Waals surface area contributed by atoms with Crippen molar-refractivity contribution in [2.75, 3.05) is 5.32 Å². The number of rotatable bonds is 3. The van der Waals surface area contributed by atoms with Crippen LogP contribution >= 0.6 is 0 Å². The van der Waals surface area contributed by atoms with Crippen LogP contribution in [0.3, 0.4) is 0 Å². The molecule has 0 radical (unpaired) electrons. The molecule has 3 rings (SSSR count). The van der Waals surface area contributed by atoms with Crippen LogP contribution in [0.15, 0.2) is 36.7 Å². The quantitative estimate of drug-likeness (QED) is 0.701. The first-order chi connectivity index (χ1) is 10.2. The fraction of sp³-hybridized carbons (Fsp3) is 0.0769. The van der Waals surface area contributed by atoms with Crippen molar-refractivity contribution in [3.05, 3.63) is 53.9 Å². The number of hydrogen-bond acceptors (Lipinski definition) is 5. The van der Waals surface area contributed by atoms with E-state index in [4.69, 9.17) is 5.11 Å². The number of hydrogen-bond donors (Lipinski definition) is 2. The van der Waals surface area contributed by atoms with Gasteiger partial charge in [-0.05, 0) is 18.2 Å². The van der Waals surface area contributed by atoms with Gasteiger partial charge in [-0.3, -0.25) is 4.79 Å². The highest BCUT2D eigenvalue weighted by Gasteiger charge is 2.10. The van der Waals surface area contributed by atoms with Gasteiger partial charge in [-0.15, -0.1) is 0 Å². The number of carbonyl (C=O) groups excluding carboxylic acids is 1. The van der Waals surface area contributed by atoms with Crippen LogP contribution in [0.25, 0.3) is 5.65 Å². The fourth-order valence-electron chi connectivity index (χ4n) is 1.80. The summed E-state index contributed by atoms with van der Waals surface area (Å²) < 4.78 is 14.4. The Morgan fingerprint density at radius 1 is 1.38 bits per heavy atom. The van der Waals surface area contributed by atoms with Crippen LogP contribution in [0.2, 0.25) is 0 Å². The molecule has 106 valence electrons. The van der Waals surface area contributed by atoms with Gasteiger partial charge in [0.1, 0.15) is 0 Å². The lowest BCUT2D eigenvalue weighted by molar-refractivity contribution is 0.102. The molecule has 1 amide bonds. The summed E-state index contributed by atoms with van der Waals surface area (Å²) in [6.45, 7) is -0.188. The second-order valence-electron chi connectivity index (χ2n) is 4.23. The molecule has 3 heterocycles. The van der Waals surface area contributed by atoms with Gasteiger partial charge in [0.25, 0.3) is 5.91 Å². The molecule has 0 aliphatic carbocycles. The Kier molecular flexibility index (Phi) is 3.28. The minimum absolute atomic E-state index is 0.142. The molecule has 0 aliphatic rings. The highest BCUT2D eigenvalue weighted by atomic mass is 19.1. The van der Waals surface area contributed by atoms with E-state index in [1.807, 2.05) is 0 Å². The predicted octanol–water partition coefficient (Wildman–Crippen LogP) is 1.01. The van der Waals surface area contributed by atoms with Gasteiger partial charge in [-0.25, -0.2) is 14.5 Å². The van der Waals surface area contributed by atoms with E-state index in [9.17, 15) is 9.18 Å². The first-order valence-corrected chi connectivity index (χ1v) is 6.05. The number of anilines is 1. The van der Waals surface area contributed by atoms with Gasteiger partial charge in [0, 0.05) is 17.8 Å². The molecule has 0 aliphatic heterocycles. The first kappa shape index (κ1) is 13.1. The molecule has 3 aromatic heterocycles. The van der Waals surface area contributed by atoms with Crippen LogP contribution < -0.4 is 5.32 Å². The minimum Gasteiger partial charge on any atom is -0.390 e. The lowest BCUT2D eigenvalue weighted by Gasteiger charge is -2.00. The Morgan fingerprint density at radius 3 is 3.00 bits per heavy atom. The molecule has 7 nitrogen and oxygen atoms in total. The van der Waals surface area contributed by atoms with Gasteiger partial charge >= 0.3 is 0 Å². The van der Waals surface area contributed by atoms with Gasteiger partial charge in [0.05, 0.1) is 18.5 Å². The van der Waals surface area contributed by atoms with Crippen molar-refractivity contribution in [2.45, 2.75) is 6.61 Å². The van der Waals surface area contributed by atoms with Crippen molar-refractivity contribution in [2.24, 2.45) is 0 Å². The van der Waals surface area contributed by atoms with Gasteiger partial charge < -0.3 is 10.4 Å². The van der Waals surface area contributed by atoms with E-state index in [1.54, 1.807) is 12.1 Å². The standard InChI is InChI=1S/C13H10FN5O2/c14-10-5-8(3-4-15-10)13(21)17-11-6-19-12(16-11)2-1-9(7-20)18-19/h1-6,20H,7H2,(H,17,21). The van der Waals surface area contributed by atoms with Crippen LogP contribution in [0.4, 0.5) is 10.2 Å². The smallest absolute Gasteiger partial charge is 0.257 e. The third kappa shape index (κ3) is 2.70. The largest absolute Gasteiger partial charge is 0.390 e. The number of nitrogens with one attached hydrogen (secondary N) is 1. The molecule has 2 N–H and O–H groups in total. The van der Waals surface area contributed by atoms with E-state index < -0.39 is 11.9 Å². The van der Waals surface area contributed by atoms with Crippen LogP contribution in [0, 0.1) is 5.95 Å². The molecule has 0 bridgehead atoms. The van der Waals surface area contributed by atoms with Gasteiger partial charge in [-0.1, -0.05) is 0 Å². The Labute approximate surface area is 118 Å². The third-order valence-electron chi connectivity index (χ3n) is 2.77. The number of fused-ring (bicyclic) bond motifs is 1. The van der Waals surface area contributed by atoms with Crippen LogP contribution in [0.5, 0.6) is 0 Å². The molecular weight excluding hydrogens is 277 g/mol. The third-order valence-corrected chi connectivity index (χ3v) is 2.77. The lowest BCUT2D eigenvalue weighted by Crippen LogP contribution is -2.12. The number of aromatic nitrogens is 4. The van der Waals surface area contributed by atoms with Crippen molar-refractivity contribution in [3.63, 3.8) is 0 Å². The van der Waals surface area contributed by atoms with Crippen molar-refractivity contribution < 1.29 is 14.3 Å². The van der Waals surface area contributed by atoms with E-state index in [-0.39, 0.29) is 18.0 Å². The molecule has 0 saturated carbocycles. The van der Waals surface area contributed by atoms with E-state index in [1.165, 1.54) is 23.0 Å². The van der Waals surface area contributed by atoms with Crippen molar-refractivity contribution in [1.82, 2.24) is 19.6 Å². The van der Waals surface area contributed by atoms with E-state index in [0.717, 1.165) is 6.07 Å². The lowest BCUT2D eigenvalue weighted by atomic mass is 10.2. The number of pyridine rings is 1. The summed E-state index contributed by atoms with van der Waals surface area (Å²) in [5.41, 5.74) is 1.14. The topological polar surface area (TPSA) is 92.4 Å². The zero-order valence-electron chi connectivity index (χ0n) is 10.7. The number of carbonyl (C=O) groups is 1.